The second-order valence-electron chi connectivity index (χ2n) is 6.48. The molecule has 3 aromatic heterocycles. The number of fused-ring (bicyclic) bond motifs is 1. The summed E-state index contributed by atoms with van der Waals surface area (Å²) in [5, 5.41) is 23.0. The molecular formula is C18H21N7O3. The smallest absolute Gasteiger partial charge is 0.257 e. The van der Waals surface area contributed by atoms with E-state index in [4.69, 9.17) is 4.74 Å². The summed E-state index contributed by atoms with van der Waals surface area (Å²) >= 11 is 0. The molecule has 2 atom stereocenters. The predicted molar refractivity (Wildman–Crippen MR) is 103 cm³/mol. The number of nitrogens with zero attached hydrogens (tertiary/aromatic N) is 4. The number of methoxy groups -OCH3 is 1. The normalized spacial score (nSPS) is 18.4. The molecule has 0 spiro atoms. The number of amides is 1. The number of carbonyl (C=O) groups is 1. The molecular weight excluding hydrogens is 362 g/mol. The highest BCUT2D eigenvalue weighted by Crippen LogP contribution is 2.27. The van der Waals surface area contributed by atoms with E-state index in [-0.39, 0.29) is 11.9 Å². The number of aliphatic hydroxyl groups excluding tert-OH is 1. The van der Waals surface area contributed by atoms with E-state index in [2.05, 4.69) is 31.0 Å². The highest BCUT2D eigenvalue weighted by Gasteiger charge is 2.31. The molecule has 4 N–H and O–H groups in total. The number of rotatable bonds is 6. The van der Waals surface area contributed by atoms with Gasteiger partial charge in [-0.25, -0.2) is 9.97 Å². The van der Waals surface area contributed by atoms with Crippen LogP contribution in [0.25, 0.3) is 5.65 Å². The van der Waals surface area contributed by atoms with Gasteiger partial charge in [0.2, 0.25) is 5.88 Å². The first-order valence-corrected chi connectivity index (χ1v) is 8.92. The SMILES string of the molecule is CNc1cc(Nc2cccnc2OC)nc2c(C(=O)N[C@H]3CC[C@@H]3O)cnn12. The van der Waals surface area contributed by atoms with Crippen molar-refractivity contribution in [1.82, 2.24) is 24.9 Å². The van der Waals surface area contributed by atoms with Gasteiger partial charge in [0.15, 0.2) is 5.65 Å². The zero-order valence-corrected chi connectivity index (χ0v) is 15.5. The summed E-state index contributed by atoms with van der Waals surface area (Å²) < 4.78 is 6.81. The van der Waals surface area contributed by atoms with Crippen LogP contribution in [-0.2, 0) is 0 Å². The molecule has 1 fully saturated rings. The van der Waals surface area contributed by atoms with Crippen LogP contribution in [0.1, 0.15) is 23.2 Å². The first-order chi connectivity index (χ1) is 13.6. The van der Waals surface area contributed by atoms with E-state index in [1.54, 1.807) is 29.9 Å². The van der Waals surface area contributed by atoms with E-state index in [9.17, 15) is 9.90 Å². The number of nitrogens with one attached hydrogen (secondary N) is 3. The van der Waals surface area contributed by atoms with Gasteiger partial charge >= 0.3 is 0 Å². The van der Waals surface area contributed by atoms with Crippen LogP contribution < -0.4 is 20.7 Å². The minimum Gasteiger partial charge on any atom is -0.480 e. The van der Waals surface area contributed by atoms with Crippen LogP contribution in [0, 0.1) is 0 Å². The zero-order valence-electron chi connectivity index (χ0n) is 15.5. The van der Waals surface area contributed by atoms with Crippen molar-refractivity contribution < 1.29 is 14.6 Å². The molecule has 1 saturated carbocycles. The molecule has 3 aromatic rings. The van der Waals surface area contributed by atoms with Gasteiger partial charge in [-0.2, -0.15) is 9.61 Å². The lowest BCUT2D eigenvalue weighted by atomic mass is 9.89. The quantitative estimate of drug-likeness (QED) is 0.500. The predicted octanol–water partition coefficient (Wildman–Crippen LogP) is 1.17. The Morgan fingerprint density at radius 1 is 1.39 bits per heavy atom. The van der Waals surface area contributed by atoms with Crippen molar-refractivity contribution in [3.05, 3.63) is 36.2 Å². The fraction of sp³-hybridized carbons (Fsp3) is 0.333. The van der Waals surface area contributed by atoms with Crippen LogP contribution in [0.4, 0.5) is 17.3 Å². The molecule has 0 unspecified atom stereocenters. The molecule has 4 rings (SSSR count). The van der Waals surface area contributed by atoms with Gasteiger partial charge in [0.25, 0.3) is 5.91 Å². The Balaban J connectivity index is 1.69. The number of anilines is 3. The molecule has 10 heteroatoms. The molecule has 1 aliphatic rings. The van der Waals surface area contributed by atoms with Crippen molar-refractivity contribution in [2.24, 2.45) is 0 Å². The summed E-state index contributed by atoms with van der Waals surface area (Å²) in [4.78, 5) is 21.4. The second kappa shape index (κ2) is 7.31. The summed E-state index contributed by atoms with van der Waals surface area (Å²) in [6.45, 7) is 0. The molecule has 3 heterocycles. The van der Waals surface area contributed by atoms with E-state index in [0.29, 0.717) is 40.8 Å². The van der Waals surface area contributed by atoms with Crippen LogP contribution in [0.2, 0.25) is 0 Å². The fourth-order valence-corrected chi connectivity index (χ4v) is 3.05. The number of aromatic nitrogens is 4. The molecule has 0 saturated heterocycles. The number of hydrogen-bond acceptors (Lipinski definition) is 8. The van der Waals surface area contributed by atoms with Gasteiger partial charge < -0.3 is 25.8 Å². The van der Waals surface area contributed by atoms with Gasteiger partial charge in [0.1, 0.15) is 22.9 Å². The van der Waals surface area contributed by atoms with Crippen LogP contribution in [0.5, 0.6) is 5.88 Å². The molecule has 146 valence electrons. The summed E-state index contributed by atoms with van der Waals surface area (Å²) in [6.07, 6.45) is 4.06. The number of hydrogen-bond donors (Lipinski definition) is 4. The molecule has 0 radical (unpaired) electrons. The van der Waals surface area contributed by atoms with E-state index >= 15 is 0 Å². The van der Waals surface area contributed by atoms with Gasteiger partial charge in [-0.3, -0.25) is 4.79 Å². The number of aliphatic hydroxyl groups is 1. The first kappa shape index (κ1) is 18.0. The highest BCUT2D eigenvalue weighted by molar-refractivity contribution is 6.00. The Hall–Kier alpha value is -3.40. The van der Waals surface area contributed by atoms with Crippen molar-refractivity contribution in [2.75, 3.05) is 24.8 Å². The molecule has 0 aromatic carbocycles. The van der Waals surface area contributed by atoms with Crippen molar-refractivity contribution in [3.8, 4) is 5.88 Å². The Labute approximate surface area is 161 Å². The van der Waals surface area contributed by atoms with Gasteiger partial charge in [0, 0.05) is 19.3 Å². The summed E-state index contributed by atoms with van der Waals surface area (Å²) in [5.41, 5.74) is 1.37. The summed E-state index contributed by atoms with van der Waals surface area (Å²) in [6, 6.07) is 5.14. The highest BCUT2D eigenvalue weighted by atomic mass is 16.5. The number of ether oxygens (including phenoxy) is 1. The van der Waals surface area contributed by atoms with E-state index < -0.39 is 6.10 Å². The minimum atomic E-state index is -0.498. The maximum absolute atomic E-state index is 12.7. The number of carbonyl (C=O) groups excluding carboxylic acids is 1. The largest absolute Gasteiger partial charge is 0.480 e. The molecule has 10 nitrogen and oxygen atoms in total. The standard InChI is InChI=1S/C18H21N7O3/c1-19-15-8-14(22-12-4-3-7-20-18(12)28-2)24-16-10(9-21-25(15)16)17(27)23-11-5-6-13(11)26/h3-4,7-9,11,13,19,26H,5-6H2,1-2H3,(H,22,24)(H,23,27)/t11-,13-/m0/s1. The molecule has 1 amide bonds. The lowest BCUT2D eigenvalue weighted by molar-refractivity contribution is 0.0448. The van der Waals surface area contributed by atoms with Crippen molar-refractivity contribution in [1.29, 1.82) is 0 Å². The van der Waals surface area contributed by atoms with Gasteiger partial charge in [-0.1, -0.05) is 0 Å². The van der Waals surface area contributed by atoms with Crippen LogP contribution in [0.3, 0.4) is 0 Å². The Kier molecular flexibility index (Phi) is 4.70. The van der Waals surface area contributed by atoms with Crippen LogP contribution in [-0.4, -0.2) is 56.9 Å². The molecule has 0 bridgehead atoms. The maximum atomic E-state index is 12.7. The van der Waals surface area contributed by atoms with Crippen molar-refractivity contribution in [3.63, 3.8) is 0 Å². The third kappa shape index (κ3) is 3.18. The zero-order chi connectivity index (χ0) is 19.7. The monoisotopic (exact) mass is 383 g/mol. The van der Waals surface area contributed by atoms with Crippen LogP contribution >= 0.6 is 0 Å². The average Bonchev–Trinajstić information content (AvgIpc) is 3.14. The Morgan fingerprint density at radius 2 is 2.25 bits per heavy atom. The van der Waals surface area contributed by atoms with Gasteiger partial charge in [-0.15, -0.1) is 0 Å². The average molecular weight is 383 g/mol. The van der Waals surface area contributed by atoms with Gasteiger partial charge in [0.05, 0.1) is 25.5 Å². The van der Waals surface area contributed by atoms with E-state index in [0.717, 1.165) is 6.42 Å². The lowest BCUT2D eigenvalue weighted by Crippen LogP contribution is -2.50. The number of pyridine rings is 1. The fourth-order valence-electron chi connectivity index (χ4n) is 3.05. The maximum Gasteiger partial charge on any atom is 0.257 e. The second-order valence-corrected chi connectivity index (χ2v) is 6.48. The summed E-state index contributed by atoms with van der Waals surface area (Å²) in [5.74, 6) is 1.27. The lowest BCUT2D eigenvalue weighted by Gasteiger charge is -2.32. The Morgan fingerprint density at radius 3 is 2.93 bits per heavy atom. The Bertz CT molecular complexity index is 1020. The molecule has 0 aliphatic heterocycles. The summed E-state index contributed by atoms with van der Waals surface area (Å²) in [7, 11) is 3.30. The van der Waals surface area contributed by atoms with Crippen LogP contribution in [0.15, 0.2) is 30.6 Å². The van der Waals surface area contributed by atoms with E-state index in [1.807, 2.05) is 6.07 Å². The van der Waals surface area contributed by atoms with Crippen molar-refractivity contribution >= 4 is 28.9 Å². The molecule has 1 aliphatic carbocycles. The van der Waals surface area contributed by atoms with E-state index in [1.165, 1.54) is 13.3 Å². The van der Waals surface area contributed by atoms with Crippen molar-refractivity contribution in [2.45, 2.75) is 25.0 Å². The third-order valence-corrected chi connectivity index (χ3v) is 4.75. The topological polar surface area (TPSA) is 126 Å². The van der Waals surface area contributed by atoms with Gasteiger partial charge in [-0.05, 0) is 25.0 Å². The first-order valence-electron chi connectivity index (χ1n) is 8.92. The molecule has 28 heavy (non-hydrogen) atoms. The third-order valence-electron chi connectivity index (χ3n) is 4.75. The minimum absolute atomic E-state index is 0.229.